The number of rotatable bonds is 6. The monoisotopic (exact) mass is 339 g/mol. The van der Waals surface area contributed by atoms with Crippen molar-refractivity contribution >= 4 is 21.7 Å². The molecular weight excluding hydrogens is 323 g/mol. The fourth-order valence-electron chi connectivity index (χ4n) is 1.61. The third kappa shape index (κ3) is 4.36. The summed E-state index contributed by atoms with van der Waals surface area (Å²) in [5.74, 6) is -5.57. The Morgan fingerprint density at radius 3 is 2.23 bits per heavy atom. The third-order valence-electron chi connectivity index (χ3n) is 2.60. The molecule has 0 radical (unpaired) electrons. The molecule has 1 aromatic carbocycles. The summed E-state index contributed by atoms with van der Waals surface area (Å²) in [5.41, 5.74) is -0.749. The first kappa shape index (κ1) is 18.3. The number of esters is 1. The van der Waals surface area contributed by atoms with Crippen molar-refractivity contribution < 1.29 is 31.1 Å². The maximum absolute atomic E-state index is 13.8. The Morgan fingerprint density at radius 2 is 1.73 bits per heavy atom. The number of hydrogen-bond donors (Lipinski definition) is 0. The zero-order valence-corrected chi connectivity index (χ0v) is 13.1. The lowest BCUT2D eigenvalue weighted by atomic mass is 10.3. The van der Waals surface area contributed by atoms with Gasteiger partial charge in [0.25, 0.3) is 0 Å². The van der Waals surface area contributed by atoms with Gasteiger partial charge in [0.1, 0.15) is 6.54 Å². The Kier molecular flexibility index (Phi) is 5.81. The number of ether oxygens (including phenoxy) is 1. The van der Waals surface area contributed by atoms with E-state index in [1.165, 1.54) is 6.92 Å². The highest BCUT2D eigenvalue weighted by molar-refractivity contribution is 7.92. The predicted octanol–water partition coefficient (Wildman–Crippen LogP) is 2.21. The molecule has 0 saturated heterocycles. The summed E-state index contributed by atoms with van der Waals surface area (Å²) in [7, 11) is -4.09. The first-order valence-corrected chi connectivity index (χ1v) is 8.03. The molecule has 1 rings (SSSR count). The number of hydrogen-bond acceptors (Lipinski definition) is 4. The van der Waals surface area contributed by atoms with Crippen LogP contribution in [0.5, 0.6) is 0 Å². The van der Waals surface area contributed by atoms with E-state index in [9.17, 15) is 26.4 Å². The van der Waals surface area contributed by atoms with Crippen LogP contribution in [0.3, 0.4) is 0 Å². The molecule has 0 unspecified atom stereocenters. The highest BCUT2D eigenvalue weighted by atomic mass is 32.2. The van der Waals surface area contributed by atoms with Crippen molar-refractivity contribution in [3.63, 3.8) is 0 Å². The van der Waals surface area contributed by atoms with Crippen LogP contribution in [0.1, 0.15) is 20.8 Å². The van der Waals surface area contributed by atoms with Crippen LogP contribution < -0.4 is 4.31 Å². The van der Waals surface area contributed by atoms with Crippen molar-refractivity contribution in [3.8, 4) is 0 Å². The van der Waals surface area contributed by atoms with Gasteiger partial charge in [0.15, 0.2) is 17.5 Å². The number of carbonyl (C=O) groups excluding carboxylic acids is 1. The SMILES string of the molecule is CCS(=O)(=O)N(CC(=O)OC(C)C)c1cc(F)c(F)cc1F. The minimum atomic E-state index is -4.09. The van der Waals surface area contributed by atoms with E-state index in [2.05, 4.69) is 0 Å². The van der Waals surface area contributed by atoms with E-state index in [0.717, 1.165) is 0 Å². The van der Waals surface area contributed by atoms with Crippen LogP contribution in [-0.2, 0) is 19.6 Å². The molecule has 0 fully saturated rings. The second kappa shape index (κ2) is 6.99. The van der Waals surface area contributed by atoms with Crippen LogP contribution in [0, 0.1) is 17.5 Å². The quantitative estimate of drug-likeness (QED) is 0.589. The van der Waals surface area contributed by atoms with Gasteiger partial charge in [-0.3, -0.25) is 9.10 Å². The second-order valence-corrected chi connectivity index (χ2v) is 6.85. The summed E-state index contributed by atoms with van der Waals surface area (Å²) in [5, 5.41) is 0. The van der Waals surface area contributed by atoms with Crippen LogP contribution in [0.15, 0.2) is 12.1 Å². The smallest absolute Gasteiger partial charge is 0.327 e. The van der Waals surface area contributed by atoms with E-state index in [0.29, 0.717) is 10.4 Å². The normalized spacial score (nSPS) is 11.6. The van der Waals surface area contributed by atoms with Gasteiger partial charge in [0.2, 0.25) is 10.0 Å². The maximum atomic E-state index is 13.8. The summed E-state index contributed by atoms with van der Waals surface area (Å²) in [6.07, 6.45) is -0.506. The van der Waals surface area contributed by atoms with E-state index >= 15 is 0 Å². The number of carbonyl (C=O) groups is 1. The minimum absolute atomic E-state index is 0.219. The van der Waals surface area contributed by atoms with Gasteiger partial charge < -0.3 is 4.74 Å². The molecule has 0 aliphatic heterocycles. The molecule has 5 nitrogen and oxygen atoms in total. The predicted molar refractivity (Wildman–Crippen MR) is 74.4 cm³/mol. The summed E-state index contributed by atoms with van der Waals surface area (Å²) >= 11 is 0. The average Bonchev–Trinajstić information content (AvgIpc) is 2.39. The molecule has 0 aliphatic rings. The van der Waals surface area contributed by atoms with Gasteiger partial charge in [-0.25, -0.2) is 21.6 Å². The van der Waals surface area contributed by atoms with Gasteiger partial charge in [-0.15, -0.1) is 0 Å². The van der Waals surface area contributed by atoms with E-state index < -0.39 is 57.5 Å². The van der Waals surface area contributed by atoms with Gasteiger partial charge in [0, 0.05) is 12.1 Å². The van der Waals surface area contributed by atoms with Crippen molar-refractivity contribution in [2.45, 2.75) is 26.9 Å². The molecule has 0 atom stereocenters. The van der Waals surface area contributed by atoms with E-state index in [1.54, 1.807) is 13.8 Å². The Morgan fingerprint density at radius 1 is 1.18 bits per heavy atom. The molecule has 0 aliphatic carbocycles. The standard InChI is InChI=1S/C13H16F3NO4S/c1-4-22(19,20)17(7-13(18)21-8(2)3)12-6-10(15)9(14)5-11(12)16/h5-6,8H,4,7H2,1-3H3. The zero-order chi connectivity index (χ0) is 17.1. The number of anilines is 1. The summed E-state index contributed by atoms with van der Waals surface area (Å²) in [6.45, 7) is 3.54. The van der Waals surface area contributed by atoms with Crippen LogP contribution >= 0.6 is 0 Å². The van der Waals surface area contributed by atoms with E-state index in [-0.39, 0.29) is 6.07 Å². The van der Waals surface area contributed by atoms with Crippen molar-refractivity contribution in [1.29, 1.82) is 0 Å². The minimum Gasteiger partial charge on any atom is -0.462 e. The van der Waals surface area contributed by atoms with E-state index in [4.69, 9.17) is 4.74 Å². The largest absolute Gasteiger partial charge is 0.462 e. The van der Waals surface area contributed by atoms with Crippen LogP contribution in [0.25, 0.3) is 0 Å². The highest BCUT2D eigenvalue weighted by Gasteiger charge is 2.28. The van der Waals surface area contributed by atoms with Crippen LogP contribution in [0.2, 0.25) is 0 Å². The topological polar surface area (TPSA) is 63.7 Å². The Balaban J connectivity index is 3.28. The van der Waals surface area contributed by atoms with Crippen molar-refractivity contribution in [3.05, 3.63) is 29.6 Å². The van der Waals surface area contributed by atoms with Crippen molar-refractivity contribution in [1.82, 2.24) is 0 Å². The first-order valence-electron chi connectivity index (χ1n) is 6.43. The van der Waals surface area contributed by atoms with Gasteiger partial charge in [0.05, 0.1) is 17.5 Å². The van der Waals surface area contributed by atoms with Crippen LogP contribution in [-0.4, -0.2) is 32.8 Å². The zero-order valence-electron chi connectivity index (χ0n) is 12.3. The Hall–Kier alpha value is -1.77. The molecule has 0 N–H and O–H groups in total. The second-order valence-electron chi connectivity index (χ2n) is 4.66. The molecule has 0 bridgehead atoms. The molecule has 9 heteroatoms. The van der Waals surface area contributed by atoms with Crippen LogP contribution in [0.4, 0.5) is 18.9 Å². The van der Waals surface area contributed by atoms with Gasteiger partial charge in [-0.2, -0.15) is 0 Å². The fraction of sp³-hybridized carbons (Fsp3) is 0.462. The lowest BCUT2D eigenvalue weighted by molar-refractivity contribution is -0.145. The van der Waals surface area contributed by atoms with Crippen molar-refractivity contribution in [2.24, 2.45) is 0 Å². The Labute approximate surface area is 126 Å². The third-order valence-corrected chi connectivity index (χ3v) is 4.33. The molecule has 0 aromatic heterocycles. The summed E-state index contributed by atoms with van der Waals surface area (Å²) in [6, 6.07) is 0.608. The highest BCUT2D eigenvalue weighted by Crippen LogP contribution is 2.25. The summed E-state index contributed by atoms with van der Waals surface area (Å²) in [4.78, 5) is 11.6. The fourth-order valence-corrected chi connectivity index (χ4v) is 2.66. The van der Waals surface area contributed by atoms with Crippen molar-refractivity contribution in [2.75, 3.05) is 16.6 Å². The maximum Gasteiger partial charge on any atom is 0.327 e. The molecule has 0 saturated carbocycles. The average molecular weight is 339 g/mol. The number of nitrogens with zero attached hydrogens (tertiary/aromatic N) is 1. The van der Waals surface area contributed by atoms with Gasteiger partial charge in [-0.05, 0) is 20.8 Å². The molecular formula is C13H16F3NO4S. The molecule has 124 valence electrons. The first-order chi connectivity index (χ1) is 10.1. The number of sulfonamides is 1. The molecule has 0 heterocycles. The molecule has 22 heavy (non-hydrogen) atoms. The molecule has 0 spiro atoms. The van der Waals surface area contributed by atoms with Gasteiger partial charge in [-0.1, -0.05) is 0 Å². The number of benzene rings is 1. The van der Waals surface area contributed by atoms with E-state index in [1.807, 2.05) is 0 Å². The lowest BCUT2D eigenvalue weighted by Gasteiger charge is -2.24. The van der Waals surface area contributed by atoms with Gasteiger partial charge >= 0.3 is 5.97 Å². The number of halogens is 3. The molecule has 0 amide bonds. The lowest BCUT2D eigenvalue weighted by Crippen LogP contribution is -2.38. The molecule has 1 aromatic rings. The summed E-state index contributed by atoms with van der Waals surface area (Å²) < 4.78 is 69.2. The Bertz CT molecular complexity index is 661.